The molecule has 0 unspecified atom stereocenters. The summed E-state index contributed by atoms with van der Waals surface area (Å²) in [5.74, 6) is -0.211. The van der Waals surface area contributed by atoms with Gasteiger partial charge < -0.3 is 10.2 Å². The summed E-state index contributed by atoms with van der Waals surface area (Å²) < 4.78 is 4.40. The first-order valence-electron chi connectivity index (χ1n) is 1.90. The number of carbonyl (C=O) groups is 1. The second kappa shape index (κ2) is 10.2. The molecule has 0 saturated heterocycles. The van der Waals surface area contributed by atoms with Gasteiger partial charge in [0.25, 0.3) is 0 Å². The Hall–Kier alpha value is 0.196. The molecule has 0 aliphatic rings. The standard InChI is InChI=1S/C4H8O2.Mg.H2O.2H/c1-3-6-4(2)5;;;;/h3H2,1-2H3;;1H2;;. The van der Waals surface area contributed by atoms with Gasteiger partial charge in [0, 0.05) is 6.92 Å². The molecule has 4 heteroatoms. The number of rotatable bonds is 1. The minimum atomic E-state index is -0.211. The predicted molar refractivity (Wildman–Crippen MR) is 34.5 cm³/mol. The van der Waals surface area contributed by atoms with Gasteiger partial charge in [-0.3, -0.25) is 4.79 Å². The van der Waals surface area contributed by atoms with Gasteiger partial charge in [-0.15, -0.1) is 0 Å². The van der Waals surface area contributed by atoms with Crippen molar-refractivity contribution >= 4 is 29.0 Å². The van der Waals surface area contributed by atoms with Crippen LogP contribution in [0.1, 0.15) is 13.8 Å². The van der Waals surface area contributed by atoms with Crippen LogP contribution in [-0.2, 0) is 9.53 Å². The van der Waals surface area contributed by atoms with Gasteiger partial charge in [-0.1, -0.05) is 0 Å². The second-order valence-electron chi connectivity index (χ2n) is 0.925. The molecule has 0 saturated carbocycles. The van der Waals surface area contributed by atoms with E-state index in [1.54, 1.807) is 6.92 Å². The normalized spacial score (nSPS) is 5.75. The van der Waals surface area contributed by atoms with Crippen molar-refractivity contribution in [3.63, 3.8) is 0 Å². The predicted octanol–water partition coefficient (Wildman–Crippen LogP) is -1.17. The van der Waals surface area contributed by atoms with E-state index in [1.807, 2.05) is 0 Å². The van der Waals surface area contributed by atoms with Crippen LogP contribution >= 0.6 is 0 Å². The summed E-state index contributed by atoms with van der Waals surface area (Å²) in [6.45, 7) is 3.65. The molecule has 48 valence electrons. The maximum Gasteiger partial charge on any atom is 0.316 e. The zero-order chi connectivity index (χ0) is 4.99. The third-order valence-corrected chi connectivity index (χ3v) is 0.348. The van der Waals surface area contributed by atoms with Crippen molar-refractivity contribution in [3.05, 3.63) is 0 Å². The summed E-state index contributed by atoms with van der Waals surface area (Å²) in [6.07, 6.45) is 0. The smallest absolute Gasteiger partial charge is 0.316 e. The van der Waals surface area contributed by atoms with Crippen molar-refractivity contribution in [2.75, 3.05) is 6.61 Å². The first-order chi connectivity index (χ1) is 2.77. The quantitative estimate of drug-likeness (QED) is 0.333. The molecule has 0 aliphatic heterocycles. The molecule has 0 aliphatic carbocycles. The van der Waals surface area contributed by atoms with Crippen LogP contribution in [-0.4, -0.2) is 41.1 Å². The van der Waals surface area contributed by atoms with Crippen LogP contribution in [0.3, 0.4) is 0 Å². The number of hydrogen-bond donors (Lipinski definition) is 0. The van der Waals surface area contributed by atoms with E-state index in [0.717, 1.165) is 0 Å². The zero-order valence-electron chi connectivity index (χ0n) is 4.52. The highest BCUT2D eigenvalue weighted by molar-refractivity contribution is 5.75. The van der Waals surface area contributed by atoms with Gasteiger partial charge in [-0.05, 0) is 6.92 Å². The molecule has 2 N–H and O–H groups in total. The molecule has 0 fully saturated rings. The maximum absolute atomic E-state index is 9.82. The Balaban J connectivity index is -0.000000125. The van der Waals surface area contributed by atoms with Crippen molar-refractivity contribution in [3.8, 4) is 0 Å². The summed E-state index contributed by atoms with van der Waals surface area (Å²) >= 11 is 0. The number of ether oxygens (including phenoxy) is 1. The van der Waals surface area contributed by atoms with Crippen molar-refractivity contribution in [1.29, 1.82) is 0 Å². The van der Waals surface area contributed by atoms with Crippen LogP contribution in [0.15, 0.2) is 0 Å². The zero-order valence-corrected chi connectivity index (χ0v) is 4.52. The molecule has 3 nitrogen and oxygen atoms in total. The van der Waals surface area contributed by atoms with E-state index >= 15 is 0 Å². The molecule has 8 heavy (non-hydrogen) atoms. The lowest BCUT2D eigenvalue weighted by molar-refractivity contribution is -0.140. The van der Waals surface area contributed by atoms with Crippen LogP contribution in [0.4, 0.5) is 0 Å². The summed E-state index contributed by atoms with van der Waals surface area (Å²) in [5, 5.41) is 0. The van der Waals surface area contributed by atoms with Gasteiger partial charge in [0.2, 0.25) is 0 Å². The Labute approximate surface area is 64.9 Å². The van der Waals surface area contributed by atoms with E-state index < -0.39 is 0 Å². The third kappa shape index (κ3) is 16.4. The topological polar surface area (TPSA) is 57.8 Å². The molecule has 0 amide bonds. The summed E-state index contributed by atoms with van der Waals surface area (Å²) in [5.41, 5.74) is 0. The van der Waals surface area contributed by atoms with E-state index in [0.29, 0.717) is 6.61 Å². The molecule has 0 aromatic heterocycles. The summed E-state index contributed by atoms with van der Waals surface area (Å²) in [4.78, 5) is 9.82. The fraction of sp³-hybridized carbons (Fsp3) is 0.750. The average molecular weight is 132 g/mol. The third-order valence-electron chi connectivity index (χ3n) is 0.348. The Morgan fingerprint density at radius 1 is 1.62 bits per heavy atom. The Morgan fingerprint density at radius 2 is 2.00 bits per heavy atom. The fourth-order valence-electron chi connectivity index (χ4n) is 0.203. The van der Waals surface area contributed by atoms with E-state index in [1.165, 1.54) is 6.92 Å². The molecular weight excluding hydrogens is 120 g/mol. The Kier molecular flexibility index (Phi) is 20.1. The largest absolute Gasteiger partial charge is 0.466 e. The van der Waals surface area contributed by atoms with Crippen LogP contribution in [0.2, 0.25) is 0 Å². The van der Waals surface area contributed by atoms with Crippen molar-refractivity contribution < 1.29 is 15.0 Å². The molecule has 0 heterocycles. The van der Waals surface area contributed by atoms with Gasteiger partial charge in [-0.25, -0.2) is 0 Å². The maximum atomic E-state index is 9.82. The van der Waals surface area contributed by atoms with Gasteiger partial charge in [0.1, 0.15) is 0 Å². The molecular formula is C4H12MgO3. The molecule has 0 bridgehead atoms. The lowest BCUT2D eigenvalue weighted by Crippen LogP contribution is -1.95. The summed E-state index contributed by atoms with van der Waals surface area (Å²) in [7, 11) is 0. The van der Waals surface area contributed by atoms with Gasteiger partial charge >= 0.3 is 29.0 Å². The van der Waals surface area contributed by atoms with E-state index in [-0.39, 0.29) is 34.5 Å². The Bertz CT molecular complexity index is 55.2. The highest BCUT2D eigenvalue weighted by Gasteiger charge is 1.81. The van der Waals surface area contributed by atoms with Crippen molar-refractivity contribution in [1.82, 2.24) is 0 Å². The minimum Gasteiger partial charge on any atom is -0.466 e. The SMILES string of the molecule is CCOC(C)=O.O.[MgH2]. The van der Waals surface area contributed by atoms with Crippen LogP contribution in [0.5, 0.6) is 0 Å². The van der Waals surface area contributed by atoms with E-state index in [4.69, 9.17) is 0 Å². The second-order valence-corrected chi connectivity index (χ2v) is 0.925. The Morgan fingerprint density at radius 3 is 2.00 bits per heavy atom. The highest BCUT2D eigenvalue weighted by atomic mass is 24.3. The minimum absolute atomic E-state index is 0. The van der Waals surface area contributed by atoms with Crippen LogP contribution < -0.4 is 0 Å². The van der Waals surface area contributed by atoms with Crippen molar-refractivity contribution in [2.45, 2.75) is 13.8 Å². The lowest BCUT2D eigenvalue weighted by atomic mass is 10.8. The number of hydrogen-bond acceptors (Lipinski definition) is 2. The molecule has 0 spiro atoms. The van der Waals surface area contributed by atoms with E-state index in [9.17, 15) is 4.79 Å². The molecule has 0 rings (SSSR count). The first kappa shape index (κ1) is 15.7. The average Bonchev–Trinajstić information content (AvgIpc) is 1.35. The molecule has 0 radical (unpaired) electrons. The molecule has 0 aromatic rings. The van der Waals surface area contributed by atoms with E-state index in [2.05, 4.69) is 4.74 Å². The number of carbonyl (C=O) groups excluding carboxylic acids is 1. The fourth-order valence-corrected chi connectivity index (χ4v) is 0.203. The van der Waals surface area contributed by atoms with Crippen molar-refractivity contribution in [2.24, 2.45) is 0 Å². The monoisotopic (exact) mass is 132 g/mol. The van der Waals surface area contributed by atoms with Gasteiger partial charge in [0.05, 0.1) is 6.61 Å². The van der Waals surface area contributed by atoms with Crippen LogP contribution in [0.25, 0.3) is 0 Å². The van der Waals surface area contributed by atoms with Gasteiger partial charge in [-0.2, -0.15) is 0 Å². The van der Waals surface area contributed by atoms with Crippen LogP contribution in [0, 0.1) is 0 Å². The highest BCUT2D eigenvalue weighted by Crippen LogP contribution is 1.69. The lowest BCUT2D eigenvalue weighted by Gasteiger charge is -1.89. The number of esters is 1. The summed E-state index contributed by atoms with van der Waals surface area (Å²) in [6, 6.07) is 0. The molecule has 0 aromatic carbocycles. The molecule has 0 atom stereocenters. The first-order valence-corrected chi connectivity index (χ1v) is 1.90. The van der Waals surface area contributed by atoms with Gasteiger partial charge in [0.15, 0.2) is 0 Å².